The maximum atomic E-state index is 12.4. The number of nitrogens with one attached hydrogen (secondary N) is 1. The van der Waals surface area contributed by atoms with Crippen molar-refractivity contribution >= 4 is 35.1 Å². The second-order valence-corrected chi connectivity index (χ2v) is 6.82. The molecule has 7 nitrogen and oxygen atoms in total. The highest BCUT2D eigenvalue weighted by Crippen LogP contribution is 2.36. The lowest BCUT2D eigenvalue weighted by molar-refractivity contribution is -0.143. The Bertz CT molecular complexity index is 719. The van der Waals surface area contributed by atoms with Crippen molar-refractivity contribution in [1.82, 2.24) is 5.32 Å². The number of aliphatic carboxylic acids is 1. The second-order valence-electron chi connectivity index (χ2n) is 6.38. The fourth-order valence-corrected chi connectivity index (χ4v) is 3.24. The first-order valence-electron chi connectivity index (χ1n) is 8.07. The number of methoxy groups -OCH3 is 1. The van der Waals surface area contributed by atoms with Crippen molar-refractivity contribution in [2.75, 3.05) is 18.6 Å². The first-order valence-corrected chi connectivity index (χ1v) is 8.45. The third-order valence-electron chi connectivity index (χ3n) is 4.58. The van der Waals surface area contributed by atoms with Gasteiger partial charge in [-0.2, -0.15) is 0 Å². The van der Waals surface area contributed by atoms with Gasteiger partial charge in [0.05, 0.1) is 18.7 Å². The second kappa shape index (κ2) is 6.92. The van der Waals surface area contributed by atoms with Gasteiger partial charge >= 0.3 is 5.97 Å². The number of hydrogen-bond acceptors (Lipinski definition) is 4. The van der Waals surface area contributed by atoms with E-state index < -0.39 is 23.8 Å². The molecule has 1 aromatic rings. The van der Waals surface area contributed by atoms with E-state index in [2.05, 4.69) is 5.32 Å². The molecule has 1 aliphatic carbocycles. The first kappa shape index (κ1) is 17.5. The summed E-state index contributed by atoms with van der Waals surface area (Å²) in [7, 11) is 1.49. The van der Waals surface area contributed by atoms with E-state index in [9.17, 15) is 19.5 Å². The molecule has 0 radical (unpaired) electrons. The number of benzene rings is 1. The summed E-state index contributed by atoms with van der Waals surface area (Å²) < 4.78 is 5.26. The van der Waals surface area contributed by atoms with Crippen molar-refractivity contribution < 1.29 is 24.2 Å². The van der Waals surface area contributed by atoms with Crippen LogP contribution in [0.1, 0.15) is 19.3 Å². The molecule has 25 heavy (non-hydrogen) atoms. The fourth-order valence-electron chi connectivity index (χ4n) is 3.07. The number of anilines is 1. The normalized spacial score (nSPS) is 21.1. The van der Waals surface area contributed by atoms with Crippen molar-refractivity contribution in [3.63, 3.8) is 0 Å². The van der Waals surface area contributed by atoms with Crippen LogP contribution in [0.25, 0.3) is 0 Å². The molecule has 2 N–H and O–H groups in total. The van der Waals surface area contributed by atoms with Crippen LogP contribution >= 0.6 is 11.6 Å². The van der Waals surface area contributed by atoms with Crippen LogP contribution in [-0.2, 0) is 14.4 Å². The van der Waals surface area contributed by atoms with Gasteiger partial charge in [-0.3, -0.25) is 9.59 Å². The van der Waals surface area contributed by atoms with Crippen LogP contribution in [0.15, 0.2) is 18.2 Å². The standard InChI is InChI=1S/C17H19ClN2O5/c1-25-13-5-4-11(18)7-12(13)20-8-10(6-14(20)21)16(22)19-15(17(23)24)9-2-3-9/h4-5,7,9-10,15H,2-3,6,8H2,1H3,(H,19,22)(H,23,24). The molecule has 1 saturated heterocycles. The van der Waals surface area contributed by atoms with Crippen LogP contribution in [-0.4, -0.2) is 42.6 Å². The minimum Gasteiger partial charge on any atom is -0.495 e. The summed E-state index contributed by atoms with van der Waals surface area (Å²) >= 11 is 6.01. The number of ether oxygens (including phenoxy) is 1. The van der Waals surface area contributed by atoms with Crippen LogP contribution in [0.5, 0.6) is 5.75 Å². The Morgan fingerprint density at radius 1 is 1.40 bits per heavy atom. The van der Waals surface area contributed by atoms with E-state index in [1.165, 1.54) is 12.0 Å². The average molecular weight is 367 g/mol. The van der Waals surface area contributed by atoms with Crippen molar-refractivity contribution in [2.24, 2.45) is 11.8 Å². The zero-order valence-corrected chi connectivity index (χ0v) is 14.5. The van der Waals surface area contributed by atoms with Gasteiger partial charge < -0.3 is 20.1 Å². The van der Waals surface area contributed by atoms with E-state index in [-0.39, 0.29) is 24.8 Å². The Kier molecular flexibility index (Phi) is 4.85. The first-order chi connectivity index (χ1) is 11.9. The highest BCUT2D eigenvalue weighted by Gasteiger charge is 2.41. The highest BCUT2D eigenvalue weighted by atomic mass is 35.5. The van der Waals surface area contributed by atoms with Gasteiger partial charge in [-0.25, -0.2) is 4.79 Å². The lowest BCUT2D eigenvalue weighted by Crippen LogP contribution is -2.45. The molecular formula is C17H19ClN2O5. The molecule has 1 aliphatic heterocycles. The van der Waals surface area contributed by atoms with E-state index >= 15 is 0 Å². The van der Waals surface area contributed by atoms with Gasteiger partial charge in [-0.15, -0.1) is 0 Å². The van der Waals surface area contributed by atoms with E-state index in [4.69, 9.17) is 16.3 Å². The topological polar surface area (TPSA) is 95.9 Å². The van der Waals surface area contributed by atoms with Gasteiger partial charge in [-0.1, -0.05) is 11.6 Å². The van der Waals surface area contributed by atoms with Crippen molar-refractivity contribution in [2.45, 2.75) is 25.3 Å². The summed E-state index contributed by atoms with van der Waals surface area (Å²) in [5.74, 6) is -1.79. The van der Waals surface area contributed by atoms with Crippen molar-refractivity contribution in [3.05, 3.63) is 23.2 Å². The molecule has 2 unspecified atom stereocenters. The molecule has 2 amide bonds. The highest BCUT2D eigenvalue weighted by molar-refractivity contribution is 6.31. The predicted octanol–water partition coefficient (Wildman–Crippen LogP) is 1.68. The SMILES string of the molecule is COc1ccc(Cl)cc1N1CC(C(=O)NC(C(=O)O)C2CC2)CC1=O. The van der Waals surface area contributed by atoms with Gasteiger partial charge in [0.25, 0.3) is 0 Å². The molecule has 0 bridgehead atoms. The summed E-state index contributed by atoms with van der Waals surface area (Å²) in [6, 6.07) is 4.05. The fraction of sp³-hybridized carbons (Fsp3) is 0.471. The molecule has 1 saturated carbocycles. The zero-order valence-electron chi connectivity index (χ0n) is 13.7. The van der Waals surface area contributed by atoms with Crippen LogP contribution < -0.4 is 15.0 Å². The number of nitrogens with zero attached hydrogens (tertiary/aromatic N) is 1. The number of carbonyl (C=O) groups is 3. The molecule has 0 spiro atoms. The number of rotatable bonds is 6. The Labute approximate surface area is 149 Å². The largest absolute Gasteiger partial charge is 0.495 e. The van der Waals surface area contributed by atoms with Gasteiger partial charge in [0.15, 0.2) is 0 Å². The van der Waals surface area contributed by atoms with Gasteiger partial charge in [-0.05, 0) is 37.0 Å². The molecular weight excluding hydrogens is 348 g/mol. The van der Waals surface area contributed by atoms with E-state index in [0.717, 1.165) is 12.8 Å². The van der Waals surface area contributed by atoms with Crippen molar-refractivity contribution in [3.8, 4) is 5.75 Å². The van der Waals surface area contributed by atoms with Crippen LogP contribution in [0.2, 0.25) is 5.02 Å². The molecule has 0 aromatic heterocycles. The third-order valence-corrected chi connectivity index (χ3v) is 4.82. The zero-order chi connectivity index (χ0) is 18.1. The summed E-state index contributed by atoms with van der Waals surface area (Å²) in [6.07, 6.45) is 1.62. The monoisotopic (exact) mass is 366 g/mol. The summed E-state index contributed by atoms with van der Waals surface area (Å²) in [6.45, 7) is 0.165. The number of carboxylic acids is 1. The Morgan fingerprint density at radius 3 is 2.72 bits per heavy atom. The number of carbonyl (C=O) groups excluding carboxylic acids is 2. The van der Waals surface area contributed by atoms with E-state index in [1.54, 1.807) is 18.2 Å². The molecule has 3 rings (SSSR count). The van der Waals surface area contributed by atoms with E-state index in [1.807, 2.05) is 0 Å². The molecule has 2 fully saturated rings. The maximum Gasteiger partial charge on any atom is 0.326 e. The predicted molar refractivity (Wildman–Crippen MR) is 90.8 cm³/mol. The van der Waals surface area contributed by atoms with Crippen LogP contribution in [0.4, 0.5) is 5.69 Å². The molecule has 2 atom stereocenters. The Morgan fingerprint density at radius 2 is 2.12 bits per heavy atom. The lowest BCUT2D eigenvalue weighted by Gasteiger charge is -2.20. The molecule has 2 aliphatic rings. The maximum absolute atomic E-state index is 12.4. The lowest BCUT2D eigenvalue weighted by atomic mass is 10.1. The van der Waals surface area contributed by atoms with Crippen LogP contribution in [0.3, 0.4) is 0 Å². The minimum atomic E-state index is -1.03. The number of halogens is 1. The summed E-state index contributed by atoms with van der Waals surface area (Å²) in [5.41, 5.74) is 0.507. The third kappa shape index (κ3) is 3.71. The van der Waals surface area contributed by atoms with Gasteiger partial charge in [0.1, 0.15) is 11.8 Å². The van der Waals surface area contributed by atoms with E-state index in [0.29, 0.717) is 16.5 Å². The van der Waals surface area contributed by atoms with Crippen LogP contribution in [0, 0.1) is 11.8 Å². The van der Waals surface area contributed by atoms with Gasteiger partial charge in [0.2, 0.25) is 11.8 Å². The average Bonchev–Trinajstić information content (AvgIpc) is 3.33. The summed E-state index contributed by atoms with van der Waals surface area (Å²) in [5, 5.41) is 12.3. The molecule has 134 valence electrons. The Hall–Kier alpha value is -2.28. The van der Waals surface area contributed by atoms with Crippen molar-refractivity contribution in [1.29, 1.82) is 0 Å². The minimum absolute atomic E-state index is 0.0114. The smallest absolute Gasteiger partial charge is 0.326 e. The molecule has 1 heterocycles. The number of amides is 2. The number of carboxylic acid groups (broad SMARTS) is 1. The summed E-state index contributed by atoms with van der Waals surface area (Å²) in [4.78, 5) is 37.5. The van der Waals surface area contributed by atoms with Gasteiger partial charge in [0, 0.05) is 18.0 Å². The molecule has 1 aromatic carbocycles. The Balaban J connectivity index is 1.73. The number of hydrogen-bond donors (Lipinski definition) is 2. The molecule has 8 heteroatoms. The quantitative estimate of drug-likeness (QED) is 0.798.